The summed E-state index contributed by atoms with van der Waals surface area (Å²) in [5.74, 6) is -0.590. The van der Waals surface area contributed by atoms with E-state index in [2.05, 4.69) is 0 Å². The Morgan fingerprint density at radius 3 is 2.50 bits per heavy atom. The molecule has 0 aromatic heterocycles. The van der Waals surface area contributed by atoms with Gasteiger partial charge in [-0.05, 0) is 38.0 Å². The Bertz CT molecular complexity index is 611. The van der Waals surface area contributed by atoms with E-state index in [4.69, 9.17) is 27.0 Å². The summed E-state index contributed by atoms with van der Waals surface area (Å²) in [6.45, 7) is 5.36. The van der Waals surface area contributed by atoms with Gasteiger partial charge in [-0.3, -0.25) is 0 Å². The first-order valence-electron chi connectivity index (χ1n) is 6.12. The largest absolute Gasteiger partial charge is 0.459 e. The molecule has 1 atom stereocenters. The predicted octanol–water partition coefficient (Wildman–Crippen LogP) is 3.92. The molecule has 0 saturated heterocycles. The Balaban J connectivity index is 3.15. The van der Waals surface area contributed by atoms with Crippen LogP contribution in [0.4, 0.5) is 0 Å². The molecule has 7 heteroatoms. The van der Waals surface area contributed by atoms with Crippen LogP contribution in [0.15, 0.2) is 17.0 Å². The van der Waals surface area contributed by atoms with Crippen molar-refractivity contribution in [2.45, 2.75) is 44.6 Å². The fraction of sp³-hybridized carbons (Fsp3) is 0.462. The molecule has 0 aliphatic rings. The minimum absolute atomic E-state index is 0.0122. The quantitative estimate of drug-likeness (QED) is 0.603. The van der Waals surface area contributed by atoms with Crippen LogP contribution in [0.3, 0.4) is 0 Å². The van der Waals surface area contributed by atoms with Crippen LogP contribution < -0.4 is 0 Å². The molecule has 0 N–H and O–H groups in total. The van der Waals surface area contributed by atoms with Gasteiger partial charge in [0.2, 0.25) is 0 Å². The number of esters is 1. The second-order valence-corrected chi connectivity index (χ2v) is 7.46. The molecule has 20 heavy (non-hydrogen) atoms. The number of carbonyl (C=O) groups is 1. The highest BCUT2D eigenvalue weighted by molar-refractivity contribution is 8.13. The van der Waals surface area contributed by atoms with Gasteiger partial charge >= 0.3 is 5.97 Å². The molecule has 0 bridgehead atoms. The molecule has 4 nitrogen and oxygen atoms in total. The lowest BCUT2D eigenvalue weighted by Crippen LogP contribution is -2.15. The first-order chi connectivity index (χ1) is 9.16. The van der Waals surface area contributed by atoms with Crippen LogP contribution >= 0.6 is 22.3 Å². The highest BCUT2D eigenvalue weighted by Gasteiger charge is 2.21. The highest BCUT2D eigenvalue weighted by Crippen LogP contribution is 2.29. The predicted molar refractivity (Wildman–Crippen MR) is 79.0 cm³/mol. The van der Waals surface area contributed by atoms with E-state index in [-0.39, 0.29) is 21.6 Å². The molecular formula is C13H16Cl2O4S. The van der Waals surface area contributed by atoms with Crippen LogP contribution in [-0.4, -0.2) is 20.5 Å². The number of hydrogen-bond donors (Lipinski definition) is 0. The normalized spacial score (nSPS) is 13.1. The Kier molecular flexibility index (Phi) is 5.86. The van der Waals surface area contributed by atoms with E-state index in [1.165, 1.54) is 6.07 Å². The summed E-state index contributed by atoms with van der Waals surface area (Å²) in [5, 5.41) is 0.0122. The van der Waals surface area contributed by atoms with Gasteiger partial charge in [0.05, 0.1) is 16.7 Å². The maximum atomic E-state index is 12.0. The molecule has 0 amide bonds. The number of benzene rings is 1. The standard InChI is InChI=1S/C13H16Cl2O4S/c1-4-5-9(3)19-13(16)10-6-8(2)12(14)11(7-10)20(15,17)18/h6-7,9H,4-5H2,1-3H3. The van der Waals surface area contributed by atoms with Crippen LogP contribution in [-0.2, 0) is 13.8 Å². The molecule has 112 valence electrons. The fourth-order valence-electron chi connectivity index (χ4n) is 1.75. The number of halogens is 2. The SMILES string of the molecule is CCCC(C)OC(=O)c1cc(C)c(Cl)c(S(=O)(=O)Cl)c1. The topological polar surface area (TPSA) is 60.4 Å². The summed E-state index contributed by atoms with van der Waals surface area (Å²) in [4.78, 5) is 11.7. The zero-order chi connectivity index (χ0) is 15.5. The van der Waals surface area contributed by atoms with Gasteiger partial charge in [0, 0.05) is 10.7 Å². The molecule has 0 aliphatic carbocycles. The van der Waals surface area contributed by atoms with Crippen LogP contribution in [0.5, 0.6) is 0 Å². The van der Waals surface area contributed by atoms with Gasteiger partial charge in [0.25, 0.3) is 9.05 Å². The van der Waals surface area contributed by atoms with E-state index in [0.29, 0.717) is 5.56 Å². The summed E-state index contributed by atoms with van der Waals surface area (Å²) in [6.07, 6.45) is 1.38. The third kappa shape index (κ3) is 4.36. The summed E-state index contributed by atoms with van der Waals surface area (Å²) in [6, 6.07) is 2.62. The van der Waals surface area contributed by atoms with Crippen molar-refractivity contribution in [1.82, 2.24) is 0 Å². The van der Waals surface area contributed by atoms with E-state index >= 15 is 0 Å². The van der Waals surface area contributed by atoms with E-state index < -0.39 is 15.0 Å². The number of rotatable bonds is 5. The van der Waals surface area contributed by atoms with Gasteiger partial charge < -0.3 is 4.74 Å². The van der Waals surface area contributed by atoms with Crippen LogP contribution in [0.2, 0.25) is 5.02 Å². The number of aryl methyl sites for hydroxylation is 1. The van der Waals surface area contributed by atoms with Crippen molar-refractivity contribution in [1.29, 1.82) is 0 Å². The Labute approximate surface area is 128 Å². The third-order valence-corrected chi connectivity index (χ3v) is 4.68. The molecular weight excluding hydrogens is 323 g/mol. The summed E-state index contributed by atoms with van der Waals surface area (Å²) in [7, 11) is 1.29. The van der Waals surface area contributed by atoms with Crippen molar-refractivity contribution >= 4 is 37.3 Å². The van der Waals surface area contributed by atoms with Gasteiger partial charge in [-0.2, -0.15) is 0 Å². The average molecular weight is 339 g/mol. The first kappa shape index (κ1) is 17.3. The molecule has 1 rings (SSSR count). The van der Waals surface area contributed by atoms with Crippen molar-refractivity contribution in [2.75, 3.05) is 0 Å². The monoisotopic (exact) mass is 338 g/mol. The summed E-state index contributed by atoms with van der Waals surface area (Å²) < 4.78 is 28.1. The molecule has 0 saturated carbocycles. The number of ether oxygens (including phenoxy) is 1. The Morgan fingerprint density at radius 2 is 2.00 bits per heavy atom. The molecule has 0 heterocycles. The zero-order valence-electron chi connectivity index (χ0n) is 11.4. The van der Waals surface area contributed by atoms with Crippen molar-refractivity contribution in [3.05, 3.63) is 28.3 Å². The second kappa shape index (κ2) is 6.78. The van der Waals surface area contributed by atoms with E-state index in [1.54, 1.807) is 13.8 Å². The van der Waals surface area contributed by atoms with Crippen molar-refractivity contribution in [3.63, 3.8) is 0 Å². The maximum Gasteiger partial charge on any atom is 0.338 e. The van der Waals surface area contributed by atoms with Crippen LogP contribution in [0.1, 0.15) is 42.6 Å². The molecule has 0 spiro atoms. The first-order valence-corrected chi connectivity index (χ1v) is 8.81. The zero-order valence-corrected chi connectivity index (χ0v) is 13.8. The van der Waals surface area contributed by atoms with Gasteiger partial charge in [0.1, 0.15) is 4.90 Å². The second-order valence-electron chi connectivity index (χ2n) is 4.55. The third-order valence-electron chi connectivity index (χ3n) is 2.72. The minimum Gasteiger partial charge on any atom is -0.459 e. The molecule has 1 aromatic rings. The van der Waals surface area contributed by atoms with Crippen LogP contribution in [0.25, 0.3) is 0 Å². The minimum atomic E-state index is -4.02. The summed E-state index contributed by atoms with van der Waals surface area (Å²) in [5.41, 5.74) is 0.567. The summed E-state index contributed by atoms with van der Waals surface area (Å²) >= 11 is 5.89. The van der Waals surface area contributed by atoms with E-state index in [0.717, 1.165) is 18.9 Å². The van der Waals surface area contributed by atoms with Gasteiger partial charge in [-0.1, -0.05) is 24.9 Å². The lowest BCUT2D eigenvalue weighted by molar-refractivity contribution is 0.0323. The van der Waals surface area contributed by atoms with Crippen molar-refractivity contribution in [2.24, 2.45) is 0 Å². The van der Waals surface area contributed by atoms with Gasteiger partial charge in [-0.15, -0.1) is 0 Å². The highest BCUT2D eigenvalue weighted by atomic mass is 35.7. The maximum absolute atomic E-state index is 12.0. The Morgan fingerprint density at radius 1 is 1.40 bits per heavy atom. The van der Waals surface area contributed by atoms with E-state index in [1.807, 2.05) is 6.92 Å². The van der Waals surface area contributed by atoms with Crippen molar-refractivity contribution < 1.29 is 17.9 Å². The van der Waals surface area contributed by atoms with Crippen molar-refractivity contribution in [3.8, 4) is 0 Å². The molecule has 0 fully saturated rings. The lowest BCUT2D eigenvalue weighted by atomic mass is 10.1. The lowest BCUT2D eigenvalue weighted by Gasteiger charge is -2.13. The average Bonchev–Trinajstić information content (AvgIpc) is 2.30. The molecule has 1 aromatic carbocycles. The Hall–Kier alpha value is -0.780. The van der Waals surface area contributed by atoms with Gasteiger partial charge in [0.15, 0.2) is 0 Å². The molecule has 0 radical (unpaired) electrons. The van der Waals surface area contributed by atoms with Crippen LogP contribution in [0, 0.1) is 6.92 Å². The smallest absolute Gasteiger partial charge is 0.338 e. The van der Waals surface area contributed by atoms with E-state index in [9.17, 15) is 13.2 Å². The number of carbonyl (C=O) groups excluding carboxylic acids is 1. The number of hydrogen-bond acceptors (Lipinski definition) is 4. The molecule has 1 unspecified atom stereocenters. The molecule has 0 aliphatic heterocycles. The fourth-order valence-corrected chi connectivity index (χ4v) is 3.29. The van der Waals surface area contributed by atoms with Gasteiger partial charge in [-0.25, -0.2) is 13.2 Å².